The second kappa shape index (κ2) is 14.4. The summed E-state index contributed by atoms with van der Waals surface area (Å²) in [7, 11) is 2.20. The molecule has 1 unspecified atom stereocenters. The van der Waals surface area contributed by atoms with Gasteiger partial charge in [-0.1, -0.05) is 81.6 Å². The molecule has 0 amide bonds. The smallest absolute Gasteiger partial charge is 0.140 e. The van der Waals surface area contributed by atoms with Gasteiger partial charge in [-0.05, 0) is 30.9 Å². The first-order valence-electron chi connectivity index (χ1n) is 10.8. The van der Waals surface area contributed by atoms with Crippen molar-refractivity contribution >= 4 is 0 Å². The molecule has 0 spiro atoms. The van der Waals surface area contributed by atoms with Gasteiger partial charge >= 0.3 is 0 Å². The lowest BCUT2D eigenvalue weighted by molar-refractivity contribution is -1.10. The van der Waals surface area contributed by atoms with Crippen LogP contribution in [0.2, 0.25) is 0 Å². The summed E-state index contributed by atoms with van der Waals surface area (Å²) in [6, 6.07) is 20.6. The first-order valence-corrected chi connectivity index (χ1v) is 10.8. The Bertz CT molecular complexity index is 636. The van der Waals surface area contributed by atoms with Crippen molar-refractivity contribution in [2.75, 3.05) is 26.8 Å². The van der Waals surface area contributed by atoms with Gasteiger partial charge in [0.1, 0.15) is 32.1 Å². The molecule has 2 rings (SSSR count). The van der Waals surface area contributed by atoms with Gasteiger partial charge in [-0.25, -0.2) is 0 Å². The largest absolute Gasteiger partial charge is 1.00 e. The van der Waals surface area contributed by atoms with Crippen LogP contribution in [0.3, 0.4) is 0 Å². The minimum atomic E-state index is 0. The molecule has 4 heteroatoms. The minimum absolute atomic E-state index is 0. The van der Waals surface area contributed by atoms with Crippen LogP contribution in [0.15, 0.2) is 60.7 Å². The molecule has 0 aliphatic rings. The third-order valence-corrected chi connectivity index (χ3v) is 5.02. The molecule has 0 aromatic heterocycles. The number of hydrogen-bond acceptors (Lipinski definition) is 2. The number of nitrogens with zero attached hydrogens (tertiary/aromatic N) is 1. The number of halogens is 1. The van der Waals surface area contributed by atoms with Gasteiger partial charge in [0.15, 0.2) is 0 Å². The van der Waals surface area contributed by atoms with Crippen LogP contribution in [-0.4, -0.2) is 31.5 Å². The van der Waals surface area contributed by atoms with Gasteiger partial charge in [0, 0.05) is 5.56 Å². The van der Waals surface area contributed by atoms with Crippen LogP contribution in [0, 0.1) is 5.92 Å². The summed E-state index contributed by atoms with van der Waals surface area (Å²) in [5.41, 5.74) is 1.31. The quantitative estimate of drug-likeness (QED) is 0.266. The van der Waals surface area contributed by atoms with Crippen LogP contribution in [0.5, 0.6) is 5.75 Å². The Labute approximate surface area is 184 Å². The van der Waals surface area contributed by atoms with Crippen LogP contribution in [-0.2, 0) is 11.4 Å². The zero-order valence-corrected chi connectivity index (χ0v) is 19.1. The number of hydroxylamine groups is 3. The van der Waals surface area contributed by atoms with Crippen molar-refractivity contribution in [3.8, 4) is 5.75 Å². The maximum absolute atomic E-state index is 6.31. The van der Waals surface area contributed by atoms with E-state index in [1.165, 1.54) is 37.7 Å². The van der Waals surface area contributed by atoms with E-state index < -0.39 is 0 Å². The van der Waals surface area contributed by atoms with Gasteiger partial charge in [0.05, 0.1) is 7.05 Å². The molecule has 2 aromatic rings. The molecule has 0 fully saturated rings. The van der Waals surface area contributed by atoms with Crippen molar-refractivity contribution in [3.63, 3.8) is 0 Å². The van der Waals surface area contributed by atoms with Crippen LogP contribution in [0.4, 0.5) is 0 Å². The van der Waals surface area contributed by atoms with E-state index in [1.807, 2.05) is 30.3 Å². The lowest BCUT2D eigenvalue weighted by Gasteiger charge is -2.31. The molecule has 0 aliphatic heterocycles. The molecule has 1 atom stereocenters. The zero-order valence-electron chi connectivity index (χ0n) is 18.4. The standard InChI is InChI=1S/C25H38NO2.ClH/c1-23(2)14-8-4-5-13-19-26(3,22-24-15-9-6-10-16-24)28-21-20-27-25-17-11-7-12-18-25;/h6-7,9-12,15-18,23H,4-5,8,13-14,19-22H2,1-3H3;1H/q+1;/p-1. The van der Waals surface area contributed by atoms with Crippen LogP contribution < -0.4 is 17.1 Å². The molecule has 0 aliphatic carbocycles. The van der Waals surface area contributed by atoms with Crippen molar-refractivity contribution < 1.29 is 26.6 Å². The van der Waals surface area contributed by atoms with Gasteiger partial charge < -0.3 is 17.1 Å². The van der Waals surface area contributed by atoms with E-state index in [2.05, 4.69) is 51.2 Å². The number of benzene rings is 2. The van der Waals surface area contributed by atoms with Gasteiger partial charge in [0.2, 0.25) is 0 Å². The van der Waals surface area contributed by atoms with E-state index in [-0.39, 0.29) is 12.4 Å². The molecule has 162 valence electrons. The van der Waals surface area contributed by atoms with E-state index in [9.17, 15) is 0 Å². The van der Waals surface area contributed by atoms with Crippen molar-refractivity contribution in [1.82, 2.24) is 0 Å². The van der Waals surface area contributed by atoms with Gasteiger partial charge in [0.25, 0.3) is 0 Å². The summed E-state index contributed by atoms with van der Waals surface area (Å²) < 4.78 is 6.40. The number of rotatable bonds is 14. The third-order valence-electron chi connectivity index (χ3n) is 5.02. The van der Waals surface area contributed by atoms with Gasteiger partial charge in [-0.15, -0.1) is 0 Å². The highest BCUT2D eigenvalue weighted by atomic mass is 35.5. The van der Waals surface area contributed by atoms with Gasteiger partial charge in [-0.2, -0.15) is 9.48 Å². The molecule has 2 aromatic carbocycles. The summed E-state index contributed by atoms with van der Waals surface area (Å²) in [4.78, 5) is 6.31. The Kier molecular flexibility index (Phi) is 12.7. The minimum Gasteiger partial charge on any atom is -1.00 e. The van der Waals surface area contributed by atoms with Crippen molar-refractivity contribution in [3.05, 3.63) is 66.2 Å². The number of unbranched alkanes of at least 4 members (excludes halogenated alkanes) is 3. The van der Waals surface area contributed by atoms with Crippen molar-refractivity contribution in [2.45, 2.75) is 52.5 Å². The molecule has 0 saturated carbocycles. The Morgan fingerprint density at radius 2 is 1.41 bits per heavy atom. The number of para-hydroxylation sites is 1. The zero-order chi connectivity index (χ0) is 20.1. The van der Waals surface area contributed by atoms with Crippen molar-refractivity contribution in [1.29, 1.82) is 0 Å². The second-order valence-corrected chi connectivity index (χ2v) is 8.26. The average molecular weight is 420 g/mol. The lowest BCUT2D eigenvalue weighted by Crippen LogP contribution is -3.00. The monoisotopic (exact) mass is 419 g/mol. The second-order valence-electron chi connectivity index (χ2n) is 8.26. The van der Waals surface area contributed by atoms with E-state index in [0.717, 1.165) is 24.8 Å². The van der Waals surface area contributed by atoms with E-state index >= 15 is 0 Å². The summed E-state index contributed by atoms with van der Waals surface area (Å²) in [6.07, 6.45) is 6.47. The molecular weight excluding hydrogens is 382 g/mol. The summed E-state index contributed by atoms with van der Waals surface area (Å²) in [5, 5.41) is 0. The first-order chi connectivity index (χ1) is 13.6. The first kappa shape index (κ1) is 25.5. The summed E-state index contributed by atoms with van der Waals surface area (Å²) in [5.74, 6) is 1.71. The van der Waals surface area contributed by atoms with E-state index in [1.54, 1.807) is 0 Å². The average Bonchev–Trinajstić information content (AvgIpc) is 2.69. The Balaban J connectivity index is 0.00000420. The fourth-order valence-corrected chi connectivity index (χ4v) is 3.45. The van der Waals surface area contributed by atoms with Crippen LogP contribution in [0.1, 0.15) is 51.5 Å². The molecule has 3 nitrogen and oxygen atoms in total. The fourth-order valence-electron chi connectivity index (χ4n) is 3.45. The molecule has 0 N–H and O–H groups in total. The molecule has 0 radical (unpaired) electrons. The van der Waals surface area contributed by atoms with Crippen LogP contribution >= 0.6 is 0 Å². The van der Waals surface area contributed by atoms with E-state index in [0.29, 0.717) is 17.9 Å². The number of ether oxygens (including phenoxy) is 1. The fraction of sp³-hybridized carbons (Fsp3) is 0.520. The number of hydrogen-bond donors (Lipinski definition) is 0. The molecule has 0 saturated heterocycles. The topological polar surface area (TPSA) is 18.5 Å². The summed E-state index contributed by atoms with van der Waals surface area (Å²) in [6.45, 7) is 7.69. The molecule has 0 heterocycles. The summed E-state index contributed by atoms with van der Waals surface area (Å²) >= 11 is 0. The molecule has 0 bridgehead atoms. The molecule has 29 heavy (non-hydrogen) atoms. The van der Waals surface area contributed by atoms with E-state index in [4.69, 9.17) is 9.57 Å². The Morgan fingerprint density at radius 3 is 2.07 bits per heavy atom. The highest BCUT2D eigenvalue weighted by Crippen LogP contribution is 2.17. The maximum Gasteiger partial charge on any atom is 0.140 e. The van der Waals surface area contributed by atoms with Gasteiger partial charge in [-0.3, -0.25) is 0 Å². The molecular formula is C25H38ClNO2. The maximum atomic E-state index is 6.31. The van der Waals surface area contributed by atoms with Crippen molar-refractivity contribution in [2.24, 2.45) is 5.92 Å². The SMILES string of the molecule is CC(C)CCCCCC[N+](C)(Cc1ccccc1)OCCOc1ccccc1.[Cl-]. The highest BCUT2D eigenvalue weighted by Gasteiger charge is 2.24. The predicted molar refractivity (Wildman–Crippen MR) is 117 cm³/mol. The Hall–Kier alpha value is -1.55. The number of quaternary nitrogens is 1. The third kappa shape index (κ3) is 11.3. The van der Waals surface area contributed by atoms with Crippen LogP contribution in [0.25, 0.3) is 0 Å². The Morgan fingerprint density at radius 1 is 0.793 bits per heavy atom. The lowest BCUT2D eigenvalue weighted by atomic mass is 10.0. The normalized spacial score (nSPS) is 13.0. The predicted octanol–water partition coefficient (Wildman–Crippen LogP) is 3.25. The highest BCUT2D eigenvalue weighted by molar-refractivity contribution is 5.20.